The van der Waals surface area contributed by atoms with Gasteiger partial charge in [0.25, 0.3) is 5.69 Å². The third-order valence-corrected chi connectivity index (χ3v) is 3.06. The van der Waals surface area contributed by atoms with Gasteiger partial charge in [-0.2, -0.15) is 0 Å². The van der Waals surface area contributed by atoms with Crippen LogP contribution < -0.4 is 5.32 Å². The van der Waals surface area contributed by atoms with E-state index < -0.39 is 0 Å². The number of nitro groups is 1. The van der Waals surface area contributed by atoms with E-state index in [1.807, 2.05) is 6.07 Å². The molecule has 0 spiro atoms. The molecular weight excluding hydrogens is 218 g/mol. The Morgan fingerprint density at radius 3 is 3.12 bits per heavy atom. The average molecular weight is 235 g/mol. The maximum absolute atomic E-state index is 10.7. The highest BCUT2D eigenvalue weighted by Gasteiger charge is 2.17. The molecule has 1 aliphatic rings. The van der Waals surface area contributed by atoms with Crippen LogP contribution in [0.3, 0.4) is 0 Å². The van der Waals surface area contributed by atoms with Crippen LogP contribution in [0.2, 0.25) is 0 Å². The Balaban J connectivity index is 2.02. The van der Waals surface area contributed by atoms with Crippen LogP contribution in [0.25, 0.3) is 0 Å². The molecule has 0 bridgehead atoms. The highest BCUT2D eigenvalue weighted by atomic mass is 16.6. The summed E-state index contributed by atoms with van der Waals surface area (Å²) in [5, 5.41) is 14.1. The molecule has 5 heteroatoms. The zero-order chi connectivity index (χ0) is 12.3. The molecule has 1 aromatic carbocycles. The smallest absolute Gasteiger partial charge is 0.269 e. The number of likely N-dealkylation sites (N-methyl/N-ethyl adjacent to an activating group) is 1. The van der Waals surface area contributed by atoms with E-state index in [-0.39, 0.29) is 10.6 Å². The molecule has 92 valence electrons. The van der Waals surface area contributed by atoms with Crippen LogP contribution >= 0.6 is 0 Å². The summed E-state index contributed by atoms with van der Waals surface area (Å²) in [7, 11) is 2.10. The molecule has 1 atom stereocenters. The first-order chi connectivity index (χ1) is 8.15. The largest absolute Gasteiger partial charge is 0.311 e. The Bertz CT molecular complexity index is 408. The summed E-state index contributed by atoms with van der Waals surface area (Å²) in [6.07, 6.45) is 0.839. The zero-order valence-electron chi connectivity index (χ0n) is 9.93. The van der Waals surface area contributed by atoms with E-state index in [1.54, 1.807) is 12.1 Å². The molecule has 1 aromatic rings. The van der Waals surface area contributed by atoms with E-state index in [0.29, 0.717) is 6.04 Å². The van der Waals surface area contributed by atoms with Crippen molar-refractivity contribution in [1.29, 1.82) is 0 Å². The Labute approximate surface area is 101 Å². The highest BCUT2D eigenvalue weighted by Crippen LogP contribution is 2.15. The molecule has 0 radical (unpaired) electrons. The minimum Gasteiger partial charge on any atom is -0.311 e. The predicted octanol–water partition coefficient (Wildman–Crippen LogP) is 1.04. The lowest BCUT2D eigenvalue weighted by molar-refractivity contribution is -0.384. The normalized spacial score (nSPS) is 21.4. The van der Waals surface area contributed by atoms with E-state index in [2.05, 4.69) is 17.3 Å². The van der Waals surface area contributed by atoms with Gasteiger partial charge in [-0.05, 0) is 19.0 Å². The summed E-state index contributed by atoms with van der Waals surface area (Å²) in [6, 6.07) is 7.28. The predicted molar refractivity (Wildman–Crippen MR) is 66.1 cm³/mol. The maximum atomic E-state index is 10.7. The molecular formula is C12H17N3O2. The number of non-ortho nitro benzene ring substituents is 1. The van der Waals surface area contributed by atoms with Gasteiger partial charge in [-0.15, -0.1) is 0 Å². The van der Waals surface area contributed by atoms with Gasteiger partial charge >= 0.3 is 0 Å². The highest BCUT2D eigenvalue weighted by molar-refractivity contribution is 5.34. The van der Waals surface area contributed by atoms with Crippen LogP contribution in [0, 0.1) is 10.1 Å². The van der Waals surface area contributed by atoms with Crippen LogP contribution in [0.15, 0.2) is 24.3 Å². The molecule has 1 saturated heterocycles. The van der Waals surface area contributed by atoms with Gasteiger partial charge in [0.2, 0.25) is 0 Å². The van der Waals surface area contributed by atoms with E-state index in [0.717, 1.165) is 31.6 Å². The summed E-state index contributed by atoms with van der Waals surface area (Å²) in [5.74, 6) is 0. The van der Waals surface area contributed by atoms with E-state index in [9.17, 15) is 10.1 Å². The maximum Gasteiger partial charge on any atom is 0.269 e. The second-order valence-corrected chi connectivity index (χ2v) is 4.54. The van der Waals surface area contributed by atoms with Crippen molar-refractivity contribution in [3.8, 4) is 0 Å². The number of hydrogen-bond acceptors (Lipinski definition) is 4. The Hall–Kier alpha value is -1.46. The third kappa shape index (κ3) is 3.25. The lowest BCUT2D eigenvalue weighted by atomic mass is 10.0. The first kappa shape index (κ1) is 12.0. The number of benzene rings is 1. The van der Waals surface area contributed by atoms with Gasteiger partial charge in [0.15, 0.2) is 0 Å². The molecule has 2 rings (SSSR count). The standard InChI is InChI=1S/C12H17N3O2/c1-14-6-5-13-11(9-14)7-10-3-2-4-12(8-10)15(16)17/h2-4,8,11,13H,5-7,9H2,1H3. The number of rotatable bonds is 3. The number of nitrogens with one attached hydrogen (secondary N) is 1. The molecule has 1 fully saturated rings. The lowest BCUT2D eigenvalue weighted by Crippen LogP contribution is -2.49. The van der Waals surface area contributed by atoms with Crippen molar-refractivity contribution in [3.05, 3.63) is 39.9 Å². The van der Waals surface area contributed by atoms with Crippen LogP contribution in [-0.2, 0) is 6.42 Å². The van der Waals surface area contributed by atoms with Gasteiger partial charge < -0.3 is 10.2 Å². The Kier molecular flexibility index (Phi) is 3.71. The van der Waals surface area contributed by atoms with E-state index in [4.69, 9.17) is 0 Å². The summed E-state index contributed by atoms with van der Waals surface area (Å²) >= 11 is 0. The fraction of sp³-hybridized carbons (Fsp3) is 0.500. The zero-order valence-corrected chi connectivity index (χ0v) is 9.93. The molecule has 0 amide bonds. The number of hydrogen-bond donors (Lipinski definition) is 1. The van der Waals surface area contributed by atoms with Crippen molar-refractivity contribution in [1.82, 2.24) is 10.2 Å². The van der Waals surface area contributed by atoms with Gasteiger partial charge in [0.05, 0.1) is 4.92 Å². The van der Waals surface area contributed by atoms with E-state index >= 15 is 0 Å². The lowest BCUT2D eigenvalue weighted by Gasteiger charge is -2.30. The van der Waals surface area contributed by atoms with Gasteiger partial charge in [-0.1, -0.05) is 12.1 Å². The molecule has 1 N–H and O–H groups in total. The molecule has 17 heavy (non-hydrogen) atoms. The average Bonchev–Trinajstić information content (AvgIpc) is 2.29. The van der Waals surface area contributed by atoms with Crippen molar-refractivity contribution in [2.45, 2.75) is 12.5 Å². The SMILES string of the molecule is CN1CCNC(Cc2cccc([N+](=O)[O-])c2)C1. The summed E-state index contributed by atoms with van der Waals surface area (Å²) < 4.78 is 0. The van der Waals surface area contributed by atoms with Crippen molar-refractivity contribution in [2.24, 2.45) is 0 Å². The third-order valence-electron chi connectivity index (χ3n) is 3.06. The Morgan fingerprint density at radius 2 is 2.41 bits per heavy atom. The molecule has 5 nitrogen and oxygen atoms in total. The van der Waals surface area contributed by atoms with Crippen LogP contribution in [0.1, 0.15) is 5.56 Å². The van der Waals surface area contributed by atoms with Crippen molar-refractivity contribution >= 4 is 5.69 Å². The Morgan fingerprint density at radius 1 is 1.59 bits per heavy atom. The summed E-state index contributed by atoms with van der Waals surface area (Å²) in [4.78, 5) is 12.6. The molecule has 1 heterocycles. The van der Waals surface area contributed by atoms with Crippen molar-refractivity contribution in [2.75, 3.05) is 26.7 Å². The fourth-order valence-electron chi connectivity index (χ4n) is 2.21. The first-order valence-corrected chi connectivity index (χ1v) is 5.80. The number of piperazine rings is 1. The molecule has 0 aliphatic carbocycles. The van der Waals surface area contributed by atoms with Crippen molar-refractivity contribution in [3.63, 3.8) is 0 Å². The minimum atomic E-state index is -0.343. The summed E-state index contributed by atoms with van der Waals surface area (Å²) in [6.45, 7) is 3.03. The molecule has 0 saturated carbocycles. The van der Waals surface area contributed by atoms with E-state index in [1.165, 1.54) is 6.07 Å². The van der Waals surface area contributed by atoms with Crippen LogP contribution in [-0.4, -0.2) is 42.5 Å². The second-order valence-electron chi connectivity index (χ2n) is 4.54. The van der Waals surface area contributed by atoms with Gasteiger partial charge in [-0.3, -0.25) is 10.1 Å². The summed E-state index contributed by atoms with van der Waals surface area (Å²) in [5.41, 5.74) is 1.19. The van der Waals surface area contributed by atoms with Crippen LogP contribution in [0.4, 0.5) is 5.69 Å². The van der Waals surface area contributed by atoms with Gasteiger partial charge in [-0.25, -0.2) is 0 Å². The van der Waals surface area contributed by atoms with Gasteiger partial charge in [0, 0.05) is 37.8 Å². The minimum absolute atomic E-state index is 0.173. The molecule has 1 unspecified atom stereocenters. The number of nitro benzene ring substituents is 1. The second kappa shape index (κ2) is 5.25. The molecule has 0 aromatic heterocycles. The monoisotopic (exact) mass is 235 g/mol. The fourth-order valence-corrected chi connectivity index (χ4v) is 2.21. The quantitative estimate of drug-likeness (QED) is 0.628. The topological polar surface area (TPSA) is 58.4 Å². The molecule has 1 aliphatic heterocycles. The van der Waals surface area contributed by atoms with Crippen LogP contribution in [0.5, 0.6) is 0 Å². The first-order valence-electron chi connectivity index (χ1n) is 5.80. The van der Waals surface area contributed by atoms with Crippen molar-refractivity contribution < 1.29 is 4.92 Å². The number of nitrogens with zero attached hydrogens (tertiary/aromatic N) is 2. The van der Waals surface area contributed by atoms with Gasteiger partial charge in [0.1, 0.15) is 0 Å².